The van der Waals surface area contributed by atoms with Crippen LogP contribution < -0.4 is 5.32 Å². The molecule has 1 aromatic carbocycles. The van der Waals surface area contributed by atoms with Gasteiger partial charge in [0, 0.05) is 41.2 Å². The molecule has 1 amide bonds. The highest BCUT2D eigenvalue weighted by Crippen LogP contribution is 2.22. The number of aliphatic carboxylic acids is 1. The lowest BCUT2D eigenvalue weighted by Gasteiger charge is -2.17. The average molecular weight is 378 g/mol. The lowest BCUT2D eigenvalue weighted by atomic mass is 10.2. The summed E-state index contributed by atoms with van der Waals surface area (Å²) in [6.07, 6.45) is 3.34. The number of hydrogen-bond acceptors (Lipinski definition) is 5. The highest BCUT2D eigenvalue weighted by atomic mass is 35.5. The number of carbonyl (C=O) groups excluding carboxylic acids is 1. The van der Waals surface area contributed by atoms with Crippen molar-refractivity contribution in [3.63, 3.8) is 0 Å². The minimum atomic E-state index is -1.00. The Hall–Kier alpha value is -2.38. The molecule has 0 aliphatic carbocycles. The van der Waals surface area contributed by atoms with Crippen molar-refractivity contribution in [3.8, 4) is 0 Å². The van der Waals surface area contributed by atoms with E-state index in [2.05, 4.69) is 10.3 Å². The molecule has 1 unspecified atom stereocenters. The summed E-state index contributed by atoms with van der Waals surface area (Å²) in [6.45, 7) is 1.28. The molecular weight excluding hydrogens is 362 g/mol. The molecule has 1 aliphatic heterocycles. The van der Waals surface area contributed by atoms with E-state index >= 15 is 0 Å². The molecular formula is C17H16ClN3O3S. The number of hydrogen-bond donors (Lipinski definition) is 2. The number of anilines is 1. The first-order valence-electron chi connectivity index (χ1n) is 7.69. The van der Waals surface area contributed by atoms with Crippen LogP contribution in [0.4, 0.5) is 5.13 Å². The third-order valence-electron chi connectivity index (χ3n) is 3.81. The Morgan fingerprint density at radius 2 is 2.12 bits per heavy atom. The van der Waals surface area contributed by atoms with E-state index in [1.807, 2.05) is 0 Å². The molecule has 3 rings (SSSR count). The normalized spacial score (nSPS) is 17.2. The van der Waals surface area contributed by atoms with Gasteiger partial charge in [-0.05, 0) is 36.8 Å². The average Bonchev–Trinajstić information content (AvgIpc) is 3.23. The molecule has 0 radical (unpaired) electrons. The van der Waals surface area contributed by atoms with Gasteiger partial charge < -0.3 is 15.3 Å². The van der Waals surface area contributed by atoms with E-state index in [4.69, 9.17) is 16.7 Å². The lowest BCUT2D eigenvalue weighted by Crippen LogP contribution is -2.31. The van der Waals surface area contributed by atoms with E-state index in [9.17, 15) is 9.59 Å². The Bertz CT molecular complexity index is 804. The van der Waals surface area contributed by atoms with Gasteiger partial charge >= 0.3 is 5.97 Å². The fourth-order valence-electron chi connectivity index (χ4n) is 2.60. The van der Waals surface area contributed by atoms with Crippen LogP contribution in [0.15, 0.2) is 35.7 Å². The van der Waals surface area contributed by atoms with Crippen molar-refractivity contribution in [2.75, 3.05) is 18.4 Å². The first-order chi connectivity index (χ1) is 12.0. The quantitative estimate of drug-likeness (QED) is 0.782. The maximum absolute atomic E-state index is 12.5. The number of aromatic nitrogens is 1. The molecule has 1 saturated heterocycles. The number of rotatable bonds is 5. The Labute approximate surface area is 153 Å². The number of carbonyl (C=O) groups is 2. The van der Waals surface area contributed by atoms with Crippen LogP contribution in [0.3, 0.4) is 0 Å². The Kier molecular flexibility index (Phi) is 5.35. The maximum atomic E-state index is 12.5. The zero-order chi connectivity index (χ0) is 17.8. The van der Waals surface area contributed by atoms with Crippen LogP contribution in [0.2, 0.25) is 5.02 Å². The van der Waals surface area contributed by atoms with Crippen molar-refractivity contribution >= 4 is 46.0 Å². The van der Waals surface area contributed by atoms with Crippen LogP contribution in [0, 0.1) is 0 Å². The van der Waals surface area contributed by atoms with Crippen molar-refractivity contribution in [3.05, 3.63) is 52.0 Å². The minimum Gasteiger partial charge on any atom is -0.478 e. The Morgan fingerprint density at radius 1 is 1.36 bits per heavy atom. The zero-order valence-corrected chi connectivity index (χ0v) is 14.8. The molecule has 6 nitrogen and oxygen atoms in total. The van der Waals surface area contributed by atoms with E-state index in [1.54, 1.807) is 34.5 Å². The van der Waals surface area contributed by atoms with Gasteiger partial charge in [0.1, 0.15) is 0 Å². The Balaban J connectivity index is 1.57. The van der Waals surface area contributed by atoms with Gasteiger partial charge in [0.15, 0.2) is 5.13 Å². The summed E-state index contributed by atoms with van der Waals surface area (Å²) in [7, 11) is 0. The van der Waals surface area contributed by atoms with Crippen LogP contribution in [0.25, 0.3) is 6.08 Å². The largest absolute Gasteiger partial charge is 0.478 e. The second-order valence-corrected chi connectivity index (χ2v) is 6.93. The monoisotopic (exact) mass is 377 g/mol. The van der Waals surface area contributed by atoms with Crippen LogP contribution in [-0.2, 0) is 4.79 Å². The summed E-state index contributed by atoms with van der Waals surface area (Å²) in [5.74, 6) is -1.01. The molecule has 1 aliphatic rings. The number of nitrogens with one attached hydrogen (secondary N) is 1. The highest BCUT2D eigenvalue weighted by molar-refractivity contribution is 7.13. The number of benzene rings is 1. The van der Waals surface area contributed by atoms with Crippen LogP contribution >= 0.6 is 22.9 Å². The van der Waals surface area contributed by atoms with E-state index < -0.39 is 5.97 Å². The standard InChI is InChI=1S/C17H16ClN3O3S/c18-12-3-1-11(2-4-12)16(24)21-8-7-13(9-21)19-17-20-14(10-25-17)5-6-15(22)23/h1-6,10,13H,7-9H2,(H,19,20)(H,22,23). The van der Waals surface area contributed by atoms with Gasteiger partial charge in [-0.15, -0.1) is 11.3 Å². The number of halogens is 1. The van der Waals surface area contributed by atoms with Gasteiger partial charge in [-0.1, -0.05) is 11.6 Å². The molecule has 0 spiro atoms. The SMILES string of the molecule is O=C(O)C=Cc1csc(NC2CCN(C(=O)c3ccc(Cl)cc3)C2)n1. The number of likely N-dealkylation sites (tertiary alicyclic amines) is 1. The molecule has 1 fully saturated rings. The van der Waals surface area contributed by atoms with Gasteiger partial charge in [-0.3, -0.25) is 4.79 Å². The third kappa shape index (κ3) is 4.58. The summed E-state index contributed by atoms with van der Waals surface area (Å²) in [4.78, 5) is 29.1. The summed E-state index contributed by atoms with van der Waals surface area (Å²) >= 11 is 7.26. The van der Waals surface area contributed by atoms with Crippen LogP contribution in [0.1, 0.15) is 22.5 Å². The summed E-state index contributed by atoms with van der Waals surface area (Å²) in [5, 5.41) is 15.0. The number of thiazole rings is 1. The maximum Gasteiger partial charge on any atom is 0.328 e. The van der Waals surface area contributed by atoms with Crippen molar-refractivity contribution in [2.45, 2.75) is 12.5 Å². The molecule has 2 heterocycles. The fraction of sp³-hybridized carbons (Fsp3) is 0.235. The molecule has 0 saturated carbocycles. The molecule has 25 heavy (non-hydrogen) atoms. The van der Waals surface area contributed by atoms with Crippen molar-refractivity contribution in [1.29, 1.82) is 0 Å². The van der Waals surface area contributed by atoms with Gasteiger partial charge in [0.05, 0.1) is 5.69 Å². The van der Waals surface area contributed by atoms with Crippen molar-refractivity contribution < 1.29 is 14.7 Å². The van der Waals surface area contributed by atoms with E-state index in [-0.39, 0.29) is 11.9 Å². The van der Waals surface area contributed by atoms with Gasteiger partial charge in [-0.25, -0.2) is 9.78 Å². The molecule has 130 valence electrons. The number of nitrogens with zero attached hydrogens (tertiary/aromatic N) is 2. The van der Waals surface area contributed by atoms with Crippen molar-refractivity contribution in [1.82, 2.24) is 9.88 Å². The van der Waals surface area contributed by atoms with Gasteiger partial charge in [0.25, 0.3) is 5.91 Å². The second-order valence-electron chi connectivity index (χ2n) is 5.64. The van der Waals surface area contributed by atoms with E-state index in [1.165, 1.54) is 17.4 Å². The first-order valence-corrected chi connectivity index (χ1v) is 8.95. The first kappa shape index (κ1) is 17.4. The second kappa shape index (κ2) is 7.67. The molecule has 1 aromatic heterocycles. The summed E-state index contributed by atoms with van der Waals surface area (Å²) < 4.78 is 0. The fourth-order valence-corrected chi connectivity index (χ4v) is 3.48. The highest BCUT2D eigenvalue weighted by Gasteiger charge is 2.27. The predicted molar refractivity (Wildman–Crippen MR) is 98.2 cm³/mol. The number of carboxylic acids is 1. The third-order valence-corrected chi connectivity index (χ3v) is 4.86. The lowest BCUT2D eigenvalue weighted by molar-refractivity contribution is -0.131. The van der Waals surface area contributed by atoms with E-state index in [0.717, 1.165) is 17.6 Å². The van der Waals surface area contributed by atoms with Gasteiger partial charge in [-0.2, -0.15) is 0 Å². The van der Waals surface area contributed by atoms with Crippen LogP contribution in [0.5, 0.6) is 0 Å². The molecule has 2 N–H and O–H groups in total. The topological polar surface area (TPSA) is 82.5 Å². The van der Waals surface area contributed by atoms with Crippen LogP contribution in [-0.4, -0.2) is 46.0 Å². The minimum absolute atomic E-state index is 0.00909. The van der Waals surface area contributed by atoms with E-state index in [0.29, 0.717) is 29.4 Å². The van der Waals surface area contributed by atoms with Gasteiger partial charge in [0.2, 0.25) is 0 Å². The zero-order valence-electron chi connectivity index (χ0n) is 13.2. The van der Waals surface area contributed by atoms with Crippen molar-refractivity contribution in [2.24, 2.45) is 0 Å². The number of amides is 1. The predicted octanol–water partition coefficient (Wildman–Crippen LogP) is 3.22. The Morgan fingerprint density at radius 3 is 2.84 bits per heavy atom. The summed E-state index contributed by atoms with van der Waals surface area (Å²) in [5.41, 5.74) is 1.22. The molecule has 8 heteroatoms. The molecule has 1 atom stereocenters. The molecule has 0 bridgehead atoms. The number of carboxylic acid groups (broad SMARTS) is 1. The molecule has 2 aromatic rings. The summed E-state index contributed by atoms with van der Waals surface area (Å²) in [6, 6.07) is 7.00. The smallest absolute Gasteiger partial charge is 0.328 e.